The van der Waals surface area contributed by atoms with Crippen molar-refractivity contribution in [2.75, 3.05) is 32.3 Å². The number of ether oxygens (including phenoxy) is 2. The van der Waals surface area contributed by atoms with Crippen LogP contribution in [0.15, 0.2) is 18.2 Å². The van der Waals surface area contributed by atoms with Crippen LogP contribution in [0.4, 0.5) is 0 Å². The molecule has 1 aromatic rings. The molecule has 0 aromatic heterocycles. The molecule has 0 saturated carbocycles. The number of hydrogen-bond donors (Lipinski definition) is 1. The van der Waals surface area contributed by atoms with E-state index in [2.05, 4.69) is 5.32 Å². The molecule has 0 unspecified atom stereocenters. The van der Waals surface area contributed by atoms with Crippen molar-refractivity contribution in [1.82, 2.24) is 5.32 Å². The van der Waals surface area contributed by atoms with Crippen LogP contribution < -0.4 is 14.8 Å². The van der Waals surface area contributed by atoms with Gasteiger partial charge in [-0.2, -0.15) is 0 Å². The van der Waals surface area contributed by atoms with Crippen molar-refractivity contribution in [2.24, 2.45) is 0 Å². The number of hydrogen-bond acceptors (Lipinski definition) is 5. The molecule has 1 aromatic carbocycles. The van der Waals surface area contributed by atoms with Gasteiger partial charge in [0.15, 0.2) is 21.3 Å². The molecule has 1 rings (SSSR count). The monoisotopic (exact) mass is 301 g/mol. The standard InChI is InChI=1S/C14H23NO4S/c1-4-8-20(16,17)9-7-19-14-10-12(11-15-2)5-6-13(14)18-3/h5-6,10,15H,4,7-9,11H2,1-3H3. The highest BCUT2D eigenvalue weighted by atomic mass is 32.2. The van der Waals surface area contributed by atoms with Crippen LogP contribution in [0, 0.1) is 0 Å². The van der Waals surface area contributed by atoms with Crippen molar-refractivity contribution in [3.05, 3.63) is 23.8 Å². The summed E-state index contributed by atoms with van der Waals surface area (Å²) in [6.45, 7) is 2.71. The van der Waals surface area contributed by atoms with Crippen LogP contribution in [0.2, 0.25) is 0 Å². The second kappa shape index (κ2) is 8.11. The maximum Gasteiger partial charge on any atom is 0.161 e. The first kappa shape index (κ1) is 16.8. The lowest BCUT2D eigenvalue weighted by molar-refractivity contribution is 0.311. The van der Waals surface area contributed by atoms with E-state index >= 15 is 0 Å². The van der Waals surface area contributed by atoms with Crippen LogP contribution in [0.1, 0.15) is 18.9 Å². The summed E-state index contributed by atoms with van der Waals surface area (Å²) in [6.07, 6.45) is 0.628. The smallest absolute Gasteiger partial charge is 0.161 e. The Bertz CT molecular complexity index is 514. The van der Waals surface area contributed by atoms with E-state index in [-0.39, 0.29) is 18.1 Å². The Morgan fingerprint density at radius 3 is 2.55 bits per heavy atom. The number of nitrogens with one attached hydrogen (secondary N) is 1. The van der Waals surface area contributed by atoms with E-state index in [1.165, 1.54) is 0 Å². The van der Waals surface area contributed by atoms with Crippen LogP contribution in [-0.4, -0.2) is 40.7 Å². The maximum absolute atomic E-state index is 11.6. The molecule has 20 heavy (non-hydrogen) atoms. The zero-order valence-electron chi connectivity index (χ0n) is 12.3. The minimum Gasteiger partial charge on any atom is -0.493 e. The highest BCUT2D eigenvalue weighted by Crippen LogP contribution is 2.28. The van der Waals surface area contributed by atoms with Gasteiger partial charge < -0.3 is 14.8 Å². The molecule has 0 amide bonds. The maximum atomic E-state index is 11.6. The fraction of sp³-hybridized carbons (Fsp3) is 0.571. The van der Waals surface area contributed by atoms with Gasteiger partial charge in [0.1, 0.15) is 6.61 Å². The number of benzene rings is 1. The topological polar surface area (TPSA) is 64.6 Å². The molecule has 0 fully saturated rings. The van der Waals surface area contributed by atoms with Gasteiger partial charge >= 0.3 is 0 Å². The first-order valence-corrected chi connectivity index (χ1v) is 8.49. The molecular formula is C14H23NO4S. The Morgan fingerprint density at radius 2 is 1.95 bits per heavy atom. The van der Waals surface area contributed by atoms with Crippen LogP contribution in [0.25, 0.3) is 0 Å². The predicted molar refractivity (Wildman–Crippen MR) is 80.2 cm³/mol. The fourth-order valence-electron chi connectivity index (χ4n) is 1.84. The quantitative estimate of drug-likeness (QED) is 0.751. The molecule has 0 aliphatic heterocycles. The van der Waals surface area contributed by atoms with Crippen molar-refractivity contribution in [1.29, 1.82) is 0 Å². The van der Waals surface area contributed by atoms with Crippen molar-refractivity contribution in [3.8, 4) is 11.5 Å². The first-order chi connectivity index (χ1) is 9.52. The highest BCUT2D eigenvalue weighted by molar-refractivity contribution is 7.91. The lowest BCUT2D eigenvalue weighted by Gasteiger charge is -2.12. The minimum atomic E-state index is -3.02. The van der Waals surface area contributed by atoms with E-state index in [9.17, 15) is 8.42 Å². The van der Waals surface area contributed by atoms with Crippen LogP contribution in [0.5, 0.6) is 11.5 Å². The molecule has 0 atom stereocenters. The molecule has 0 saturated heterocycles. The molecule has 0 spiro atoms. The second-order valence-corrected chi connectivity index (χ2v) is 6.82. The summed E-state index contributed by atoms with van der Waals surface area (Å²) in [5.74, 6) is 1.41. The number of sulfone groups is 1. The average Bonchev–Trinajstić information content (AvgIpc) is 2.39. The van der Waals surface area contributed by atoms with Gasteiger partial charge in [-0.25, -0.2) is 8.42 Å². The summed E-state index contributed by atoms with van der Waals surface area (Å²) in [5, 5.41) is 3.05. The normalized spacial score (nSPS) is 11.3. The molecule has 0 bridgehead atoms. The molecule has 6 heteroatoms. The Kier molecular flexibility index (Phi) is 6.81. The summed E-state index contributed by atoms with van der Waals surface area (Å²) in [7, 11) is 0.407. The Morgan fingerprint density at radius 1 is 1.20 bits per heavy atom. The molecule has 0 aliphatic rings. The van der Waals surface area contributed by atoms with Gasteiger partial charge in [0, 0.05) is 6.54 Å². The summed E-state index contributed by atoms with van der Waals surface area (Å²) in [5.41, 5.74) is 1.06. The Balaban J connectivity index is 2.68. The predicted octanol–water partition coefficient (Wildman–Crippen LogP) is 1.62. The van der Waals surface area contributed by atoms with Gasteiger partial charge in [0.05, 0.1) is 18.6 Å². The zero-order valence-corrected chi connectivity index (χ0v) is 13.1. The molecule has 0 aliphatic carbocycles. The van der Waals surface area contributed by atoms with Crippen molar-refractivity contribution >= 4 is 9.84 Å². The summed E-state index contributed by atoms with van der Waals surface area (Å²) in [4.78, 5) is 0. The third-order valence-corrected chi connectivity index (χ3v) is 4.59. The number of methoxy groups -OCH3 is 1. The van der Waals surface area contributed by atoms with Crippen molar-refractivity contribution in [2.45, 2.75) is 19.9 Å². The first-order valence-electron chi connectivity index (χ1n) is 6.67. The molecule has 0 heterocycles. The Labute approximate surface area is 121 Å². The van der Waals surface area contributed by atoms with E-state index in [1.807, 2.05) is 32.2 Å². The van der Waals surface area contributed by atoms with Gasteiger partial charge in [-0.15, -0.1) is 0 Å². The van der Waals surface area contributed by atoms with Crippen LogP contribution >= 0.6 is 0 Å². The van der Waals surface area contributed by atoms with Gasteiger partial charge in [0.2, 0.25) is 0 Å². The lowest BCUT2D eigenvalue weighted by atomic mass is 10.2. The average molecular weight is 301 g/mol. The minimum absolute atomic E-state index is 0.0280. The highest BCUT2D eigenvalue weighted by Gasteiger charge is 2.11. The van der Waals surface area contributed by atoms with Crippen LogP contribution in [0.3, 0.4) is 0 Å². The summed E-state index contributed by atoms with van der Waals surface area (Å²) >= 11 is 0. The molecule has 5 nitrogen and oxygen atoms in total. The van der Waals surface area contributed by atoms with E-state index in [0.717, 1.165) is 5.56 Å². The van der Waals surface area contributed by atoms with Crippen molar-refractivity contribution in [3.63, 3.8) is 0 Å². The summed E-state index contributed by atoms with van der Waals surface area (Å²) < 4.78 is 34.0. The third-order valence-electron chi connectivity index (χ3n) is 2.78. The Hall–Kier alpha value is -1.27. The van der Waals surface area contributed by atoms with Gasteiger partial charge in [-0.3, -0.25) is 0 Å². The second-order valence-electron chi connectivity index (χ2n) is 4.52. The molecule has 1 N–H and O–H groups in total. The SMILES string of the molecule is CCCS(=O)(=O)CCOc1cc(CNC)ccc1OC. The third kappa shape index (κ3) is 5.38. The van der Waals surface area contributed by atoms with E-state index in [1.54, 1.807) is 7.11 Å². The van der Waals surface area contributed by atoms with Crippen LogP contribution in [-0.2, 0) is 16.4 Å². The van der Waals surface area contributed by atoms with Gasteiger partial charge in [-0.05, 0) is 31.2 Å². The van der Waals surface area contributed by atoms with Crippen molar-refractivity contribution < 1.29 is 17.9 Å². The van der Waals surface area contributed by atoms with E-state index in [0.29, 0.717) is 24.5 Å². The zero-order chi connectivity index (χ0) is 15.0. The van der Waals surface area contributed by atoms with Gasteiger partial charge in [0.25, 0.3) is 0 Å². The fourth-order valence-corrected chi connectivity index (χ4v) is 3.00. The number of rotatable bonds is 9. The molecular weight excluding hydrogens is 278 g/mol. The van der Waals surface area contributed by atoms with Gasteiger partial charge in [-0.1, -0.05) is 13.0 Å². The summed E-state index contributed by atoms with van der Waals surface area (Å²) in [6, 6.07) is 5.63. The lowest BCUT2D eigenvalue weighted by Crippen LogP contribution is -2.17. The molecule has 0 radical (unpaired) electrons. The molecule has 114 valence electrons. The van der Waals surface area contributed by atoms with E-state index < -0.39 is 9.84 Å². The van der Waals surface area contributed by atoms with E-state index in [4.69, 9.17) is 9.47 Å². The largest absolute Gasteiger partial charge is 0.493 e.